The largest absolute Gasteiger partial charge is 0.472 e. The molecule has 4 rings (SSSR count). The summed E-state index contributed by atoms with van der Waals surface area (Å²) in [6.45, 7) is 4.63. The number of likely N-dealkylation sites (tertiary alicyclic amines) is 1. The van der Waals surface area contributed by atoms with Crippen LogP contribution in [-0.2, 0) is 4.79 Å². The molecule has 0 saturated carbocycles. The molecule has 26 heavy (non-hydrogen) atoms. The van der Waals surface area contributed by atoms with E-state index in [0.29, 0.717) is 30.5 Å². The molecular weight excluding hydrogens is 334 g/mol. The molecule has 3 heterocycles. The summed E-state index contributed by atoms with van der Waals surface area (Å²) >= 11 is 0. The molecular formula is C18H17N5O3. The minimum absolute atomic E-state index is 0.100. The Labute approximate surface area is 148 Å². The summed E-state index contributed by atoms with van der Waals surface area (Å²) in [5, 5.41) is 8.06. The van der Waals surface area contributed by atoms with E-state index in [0.717, 1.165) is 17.2 Å². The minimum atomic E-state index is -0.396. The number of nitrogens with one attached hydrogen (secondary N) is 2. The van der Waals surface area contributed by atoms with E-state index in [1.165, 1.54) is 6.08 Å². The van der Waals surface area contributed by atoms with Gasteiger partial charge in [0.05, 0.1) is 6.54 Å². The first-order chi connectivity index (χ1) is 12.6. The zero-order valence-electron chi connectivity index (χ0n) is 13.9. The maximum absolute atomic E-state index is 11.8. The van der Waals surface area contributed by atoms with Gasteiger partial charge in [0.1, 0.15) is 11.8 Å². The van der Waals surface area contributed by atoms with Crippen molar-refractivity contribution < 1.29 is 9.53 Å². The Morgan fingerprint density at radius 3 is 3.00 bits per heavy atom. The van der Waals surface area contributed by atoms with E-state index in [-0.39, 0.29) is 12.0 Å². The molecule has 8 nitrogen and oxygen atoms in total. The van der Waals surface area contributed by atoms with Gasteiger partial charge in [0.15, 0.2) is 5.82 Å². The Kier molecular flexibility index (Phi) is 4.00. The monoisotopic (exact) mass is 351 g/mol. The normalized spacial score (nSPS) is 16.8. The molecule has 1 aromatic carbocycles. The van der Waals surface area contributed by atoms with Crippen molar-refractivity contribution in [2.75, 3.05) is 13.1 Å². The van der Waals surface area contributed by atoms with E-state index in [1.54, 1.807) is 4.90 Å². The molecule has 2 N–H and O–H groups in total. The Morgan fingerprint density at radius 1 is 1.38 bits per heavy atom. The number of carbonyl (C=O) groups is 1. The SMILES string of the molecule is C=CC(=O)N1CC[C@@H](Oc2nc(-c3n[nH]c(=O)[nH]3)cc3ccccc23)C1. The second-order valence-corrected chi connectivity index (χ2v) is 6.08. The molecule has 132 valence electrons. The topological polar surface area (TPSA) is 104 Å². The quantitative estimate of drug-likeness (QED) is 0.693. The number of ether oxygens (including phenoxy) is 1. The molecule has 1 amide bonds. The molecule has 1 aliphatic rings. The van der Waals surface area contributed by atoms with Gasteiger partial charge in [-0.05, 0) is 23.6 Å². The highest BCUT2D eigenvalue weighted by atomic mass is 16.5. The van der Waals surface area contributed by atoms with Gasteiger partial charge >= 0.3 is 5.69 Å². The van der Waals surface area contributed by atoms with Crippen molar-refractivity contribution in [1.82, 2.24) is 25.1 Å². The molecule has 1 saturated heterocycles. The van der Waals surface area contributed by atoms with Crippen LogP contribution in [0.1, 0.15) is 6.42 Å². The third kappa shape index (κ3) is 2.97. The Hall–Kier alpha value is -3.42. The smallest absolute Gasteiger partial charge is 0.340 e. The van der Waals surface area contributed by atoms with E-state index in [1.807, 2.05) is 30.3 Å². The summed E-state index contributed by atoms with van der Waals surface area (Å²) in [7, 11) is 0. The molecule has 1 aliphatic heterocycles. The van der Waals surface area contributed by atoms with Gasteiger partial charge in [-0.3, -0.25) is 9.78 Å². The Morgan fingerprint density at radius 2 is 2.23 bits per heavy atom. The predicted molar refractivity (Wildman–Crippen MR) is 95.8 cm³/mol. The number of carbonyl (C=O) groups excluding carboxylic acids is 1. The van der Waals surface area contributed by atoms with E-state index in [2.05, 4.69) is 26.7 Å². The third-order valence-corrected chi connectivity index (χ3v) is 4.36. The molecule has 0 spiro atoms. The van der Waals surface area contributed by atoms with Gasteiger partial charge in [-0.25, -0.2) is 14.9 Å². The van der Waals surface area contributed by atoms with Crippen LogP contribution in [0.15, 0.2) is 47.8 Å². The number of aromatic nitrogens is 4. The lowest BCUT2D eigenvalue weighted by molar-refractivity contribution is -0.125. The molecule has 3 aromatic rings. The third-order valence-electron chi connectivity index (χ3n) is 4.36. The van der Waals surface area contributed by atoms with Crippen LogP contribution in [0.4, 0.5) is 0 Å². The van der Waals surface area contributed by atoms with E-state index < -0.39 is 5.69 Å². The maximum atomic E-state index is 11.8. The zero-order chi connectivity index (χ0) is 18.1. The number of H-pyrrole nitrogens is 2. The second-order valence-electron chi connectivity index (χ2n) is 6.08. The number of benzene rings is 1. The standard InChI is InChI=1S/C18H17N5O3/c1-2-15(24)23-8-7-12(10-23)26-17-13-6-4-3-5-11(13)9-14(19-17)16-20-18(25)22-21-16/h2-6,9,12H,1,7-8,10H2,(H2,20,21,22,25)/t12-/m1/s1. The molecule has 0 aliphatic carbocycles. The lowest BCUT2D eigenvalue weighted by Gasteiger charge is -2.16. The molecule has 8 heteroatoms. The van der Waals surface area contributed by atoms with E-state index >= 15 is 0 Å². The van der Waals surface area contributed by atoms with Gasteiger partial charge in [-0.1, -0.05) is 24.8 Å². The van der Waals surface area contributed by atoms with Crippen LogP contribution in [0, 0.1) is 0 Å². The molecule has 1 atom stereocenters. The summed E-state index contributed by atoms with van der Waals surface area (Å²) in [5.41, 5.74) is 0.112. The molecule has 0 bridgehead atoms. The number of aromatic amines is 2. The van der Waals surface area contributed by atoms with Gasteiger partial charge in [-0.2, -0.15) is 5.10 Å². The van der Waals surface area contributed by atoms with Crippen LogP contribution < -0.4 is 10.4 Å². The Balaban J connectivity index is 1.68. The lowest BCUT2D eigenvalue weighted by atomic mass is 10.1. The van der Waals surface area contributed by atoms with Crippen molar-refractivity contribution in [2.45, 2.75) is 12.5 Å². The zero-order valence-corrected chi connectivity index (χ0v) is 13.9. The van der Waals surface area contributed by atoms with E-state index in [9.17, 15) is 9.59 Å². The number of nitrogens with zero attached hydrogens (tertiary/aromatic N) is 3. The van der Waals surface area contributed by atoms with Crippen molar-refractivity contribution >= 4 is 16.7 Å². The fourth-order valence-electron chi connectivity index (χ4n) is 3.08. The van der Waals surface area contributed by atoms with Crippen LogP contribution in [0.3, 0.4) is 0 Å². The highest BCUT2D eigenvalue weighted by Gasteiger charge is 2.27. The fraction of sp³-hybridized carbons (Fsp3) is 0.222. The van der Waals surface area contributed by atoms with Gasteiger partial charge < -0.3 is 9.64 Å². The van der Waals surface area contributed by atoms with Crippen molar-refractivity contribution in [3.8, 4) is 17.4 Å². The molecule has 0 radical (unpaired) electrons. The molecule has 2 aromatic heterocycles. The van der Waals surface area contributed by atoms with Crippen molar-refractivity contribution in [3.63, 3.8) is 0 Å². The fourth-order valence-corrected chi connectivity index (χ4v) is 3.08. The predicted octanol–water partition coefficient (Wildman–Crippen LogP) is 1.48. The van der Waals surface area contributed by atoms with E-state index in [4.69, 9.17) is 4.74 Å². The average Bonchev–Trinajstić information content (AvgIpc) is 3.30. The highest BCUT2D eigenvalue weighted by molar-refractivity contribution is 5.89. The Bertz CT molecular complexity index is 1040. The van der Waals surface area contributed by atoms with Gasteiger partial charge in [-0.15, -0.1) is 0 Å². The van der Waals surface area contributed by atoms with Crippen LogP contribution in [0.25, 0.3) is 22.3 Å². The van der Waals surface area contributed by atoms with Crippen LogP contribution >= 0.6 is 0 Å². The molecule has 0 unspecified atom stereocenters. The number of hydrogen-bond donors (Lipinski definition) is 2. The lowest BCUT2D eigenvalue weighted by Crippen LogP contribution is -2.29. The van der Waals surface area contributed by atoms with Crippen LogP contribution in [0.2, 0.25) is 0 Å². The summed E-state index contributed by atoms with van der Waals surface area (Å²) in [6, 6.07) is 9.55. The maximum Gasteiger partial charge on any atom is 0.340 e. The number of amides is 1. The van der Waals surface area contributed by atoms with Crippen molar-refractivity contribution in [3.05, 3.63) is 53.5 Å². The number of hydrogen-bond acceptors (Lipinski definition) is 5. The van der Waals surface area contributed by atoms with Crippen LogP contribution in [0.5, 0.6) is 5.88 Å². The number of fused-ring (bicyclic) bond motifs is 1. The average molecular weight is 351 g/mol. The highest BCUT2D eigenvalue weighted by Crippen LogP contribution is 2.29. The van der Waals surface area contributed by atoms with Gasteiger partial charge in [0.2, 0.25) is 11.8 Å². The minimum Gasteiger partial charge on any atom is -0.472 e. The summed E-state index contributed by atoms with van der Waals surface area (Å²) in [6.07, 6.45) is 1.88. The summed E-state index contributed by atoms with van der Waals surface area (Å²) in [5.74, 6) is 0.706. The van der Waals surface area contributed by atoms with Gasteiger partial charge in [0.25, 0.3) is 0 Å². The summed E-state index contributed by atoms with van der Waals surface area (Å²) < 4.78 is 6.11. The van der Waals surface area contributed by atoms with Gasteiger partial charge in [0, 0.05) is 18.4 Å². The first-order valence-electron chi connectivity index (χ1n) is 8.27. The first kappa shape index (κ1) is 16.1. The number of pyridine rings is 1. The van der Waals surface area contributed by atoms with Crippen molar-refractivity contribution in [2.24, 2.45) is 0 Å². The number of rotatable bonds is 4. The first-order valence-corrected chi connectivity index (χ1v) is 8.27. The summed E-state index contributed by atoms with van der Waals surface area (Å²) in [4.78, 5) is 31.9. The second kappa shape index (κ2) is 6.47. The van der Waals surface area contributed by atoms with Crippen LogP contribution in [-0.4, -0.2) is 50.2 Å². The molecule has 1 fully saturated rings. The van der Waals surface area contributed by atoms with Crippen molar-refractivity contribution in [1.29, 1.82) is 0 Å².